The second-order valence-corrected chi connectivity index (χ2v) is 11.1. The number of rotatable bonds is 8. The number of nitrogens with zero attached hydrogens (tertiary/aromatic N) is 3. The van der Waals surface area contributed by atoms with Crippen LogP contribution in [-0.2, 0) is 10.0 Å². The summed E-state index contributed by atoms with van der Waals surface area (Å²) in [6, 6.07) is 18.5. The van der Waals surface area contributed by atoms with Crippen molar-refractivity contribution in [1.82, 2.24) is 13.8 Å². The Hall–Kier alpha value is -2.94. The minimum absolute atomic E-state index is 0.0258. The lowest BCUT2D eigenvalue weighted by Crippen LogP contribution is -2.49. The van der Waals surface area contributed by atoms with Gasteiger partial charge in [0.25, 0.3) is 0 Å². The molecule has 0 N–H and O–H groups in total. The zero-order valence-corrected chi connectivity index (χ0v) is 21.6. The normalized spacial score (nSPS) is 15.5. The van der Waals surface area contributed by atoms with Crippen molar-refractivity contribution in [3.63, 3.8) is 0 Å². The van der Waals surface area contributed by atoms with Gasteiger partial charge in [0.2, 0.25) is 10.0 Å². The maximum absolute atomic E-state index is 13.1. The van der Waals surface area contributed by atoms with E-state index in [1.165, 1.54) is 4.31 Å². The number of para-hydroxylation sites is 1. The van der Waals surface area contributed by atoms with Crippen LogP contribution in [0.5, 0.6) is 5.75 Å². The zero-order valence-electron chi connectivity index (χ0n) is 20.8. The molecule has 0 bridgehead atoms. The molecule has 1 aliphatic heterocycles. The minimum atomic E-state index is -3.59. The predicted molar refractivity (Wildman–Crippen MR) is 137 cm³/mol. The van der Waals surface area contributed by atoms with E-state index in [0.29, 0.717) is 37.5 Å². The number of ketones is 1. The van der Waals surface area contributed by atoms with Gasteiger partial charge in [-0.2, -0.15) is 4.31 Å². The lowest BCUT2D eigenvalue weighted by atomic mass is 10.1. The quantitative estimate of drug-likeness (QED) is 0.441. The van der Waals surface area contributed by atoms with Crippen LogP contribution in [-0.4, -0.2) is 66.8 Å². The summed E-state index contributed by atoms with van der Waals surface area (Å²) in [4.78, 5) is 15.4. The first-order valence-electron chi connectivity index (χ1n) is 11.9. The van der Waals surface area contributed by atoms with Crippen LogP contribution in [0, 0.1) is 13.8 Å². The van der Waals surface area contributed by atoms with Gasteiger partial charge in [0.05, 0.1) is 17.5 Å². The summed E-state index contributed by atoms with van der Waals surface area (Å²) in [5.74, 6) is 0.700. The number of hydrogen-bond acceptors (Lipinski definition) is 5. The molecule has 0 amide bonds. The van der Waals surface area contributed by atoms with E-state index in [1.807, 2.05) is 69.0 Å². The number of carbonyl (C=O) groups is 1. The van der Waals surface area contributed by atoms with Crippen molar-refractivity contribution >= 4 is 15.8 Å². The average molecular weight is 496 g/mol. The molecule has 8 heteroatoms. The van der Waals surface area contributed by atoms with Crippen molar-refractivity contribution in [2.45, 2.75) is 38.7 Å². The standard InChI is InChI=1S/C27H33N3O4S/c1-20(2)34-24-10-12-25(13-11-24)35(32,33)29-16-14-28(15-17-29)19-27(31)26-18-21(3)30(22(26)4)23-8-6-5-7-9-23/h5-13,18,20H,14-17,19H2,1-4H3. The number of Topliss-reactive ketones (excluding diaryl/α,β-unsaturated/α-hetero) is 1. The van der Waals surface area contributed by atoms with Crippen LogP contribution in [0.1, 0.15) is 35.6 Å². The lowest BCUT2D eigenvalue weighted by Gasteiger charge is -2.33. The Kier molecular flexibility index (Phi) is 7.44. The highest BCUT2D eigenvalue weighted by Crippen LogP contribution is 2.23. The molecule has 35 heavy (non-hydrogen) atoms. The van der Waals surface area contributed by atoms with Crippen molar-refractivity contribution in [3.05, 3.63) is 77.6 Å². The van der Waals surface area contributed by atoms with E-state index in [9.17, 15) is 13.2 Å². The number of benzene rings is 2. The van der Waals surface area contributed by atoms with E-state index < -0.39 is 10.0 Å². The molecular formula is C27H33N3O4S. The number of piperazine rings is 1. The second-order valence-electron chi connectivity index (χ2n) is 9.20. The van der Waals surface area contributed by atoms with Crippen molar-refractivity contribution in [2.75, 3.05) is 32.7 Å². The summed E-state index contributed by atoms with van der Waals surface area (Å²) in [5, 5.41) is 0. The second kappa shape index (κ2) is 10.4. The highest BCUT2D eigenvalue weighted by atomic mass is 32.2. The first-order valence-corrected chi connectivity index (χ1v) is 13.4. The Balaban J connectivity index is 1.38. The van der Waals surface area contributed by atoms with Crippen molar-refractivity contribution in [2.24, 2.45) is 0 Å². The van der Waals surface area contributed by atoms with Crippen molar-refractivity contribution in [3.8, 4) is 11.4 Å². The molecule has 1 saturated heterocycles. The fourth-order valence-electron chi connectivity index (χ4n) is 4.55. The first-order chi connectivity index (χ1) is 16.7. The van der Waals surface area contributed by atoms with Gasteiger partial charge in [0.1, 0.15) is 5.75 Å². The van der Waals surface area contributed by atoms with Gasteiger partial charge in [0, 0.05) is 48.8 Å². The third kappa shape index (κ3) is 5.50. The van der Waals surface area contributed by atoms with Crippen LogP contribution < -0.4 is 4.74 Å². The van der Waals surface area contributed by atoms with Gasteiger partial charge in [-0.3, -0.25) is 9.69 Å². The summed E-state index contributed by atoms with van der Waals surface area (Å²) in [6.07, 6.45) is 0.0258. The van der Waals surface area contributed by atoms with Gasteiger partial charge in [0.15, 0.2) is 5.78 Å². The van der Waals surface area contributed by atoms with Gasteiger partial charge in [-0.25, -0.2) is 8.42 Å². The van der Waals surface area contributed by atoms with Crippen molar-refractivity contribution in [1.29, 1.82) is 0 Å². The smallest absolute Gasteiger partial charge is 0.243 e. The summed E-state index contributed by atoms with van der Waals surface area (Å²) < 4.78 is 35.4. The fraction of sp³-hybridized carbons (Fsp3) is 0.370. The predicted octanol–water partition coefficient (Wildman–Crippen LogP) is 4.07. The molecular weight excluding hydrogens is 462 g/mol. The van der Waals surface area contributed by atoms with E-state index in [-0.39, 0.29) is 23.3 Å². The van der Waals surface area contributed by atoms with E-state index in [0.717, 1.165) is 17.1 Å². The minimum Gasteiger partial charge on any atom is -0.491 e. The lowest BCUT2D eigenvalue weighted by molar-refractivity contribution is 0.0901. The Morgan fingerprint density at radius 2 is 1.57 bits per heavy atom. The summed E-state index contributed by atoms with van der Waals surface area (Å²) in [6.45, 7) is 9.82. The largest absolute Gasteiger partial charge is 0.491 e. The fourth-order valence-corrected chi connectivity index (χ4v) is 5.97. The van der Waals surface area contributed by atoms with E-state index in [4.69, 9.17) is 4.74 Å². The van der Waals surface area contributed by atoms with Gasteiger partial charge in [-0.05, 0) is 70.2 Å². The van der Waals surface area contributed by atoms with E-state index in [1.54, 1.807) is 24.3 Å². The number of aromatic nitrogens is 1. The molecule has 1 aliphatic rings. The van der Waals surface area contributed by atoms with Crippen LogP contribution in [0.25, 0.3) is 5.69 Å². The van der Waals surface area contributed by atoms with Crippen LogP contribution in [0.2, 0.25) is 0 Å². The maximum atomic E-state index is 13.1. The number of sulfonamides is 1. The third-order valence-electron chi connectivity index (χ3n) is 6.28. The molecule has 186 valence electrons. The van der Waals surface area contributed by atoms with E-state index in [2.05, 4.69) is 4.57 Å². The number of ether oxygens (including phenoxy) is 1. The third-order valence-corrected chi connectivity index (χ3v) is 8.19. The Bertz CT molecular complexity index is 1270. The van der Waals surface area contributed by atoms with Crippen LogP contribution in [0.15, 0.2) is 65.6 Å². The molecule has 2 heterocycles. The molecule has 3 aromatic rings. The highest BCUT2D eigenvalue weighted by molar-refractivity contribution is 7.89. The van der Waals surface area contributed by atoms with Gasteiger partial charge in [-0.1, -0.05) is 18.2 Å². The molecule has 0 radical (unpaired) electrons. The SMILES string of the molecule is Cc1cc(C(=O)CN2CCN(S(=O)(=O)c3ccc(OC(C)C)cc3)CC2)c(C)n1-c1ccccc1. The molecule has 0 atom stereocenters. The zero-order chi connectivity index (χ0) is 25.2. The van der Waals surface area contributed by atoms with Crippen LogP contribution in [0.4, 0.5) is 0 Å². The monoisotopic (exact) mass is 495 g/mol. The summed E-state index contributed by atoms with van der Waals surface area (Å²) in [5.41, 5.74) is 3.68. The van der Waals surface area contributed by atoms with Crippen LogP contribution in [0.3, 0.4) is 0 Å². The average Bonchev–Trinajstić information content (AvgIpc) is 3.14. The molecule has 0 unspecified atom stereocenters. The molecule has 0 spiro atoms. The highest BCUT2D eigenvalue weighted by Gasteiger charge is 2.29. The number of carbonyl (C=O) groups excluding carboxylic acids is 1. The van der Waals surface area contributed by atoms with Crippen molar-refractivity contribution < 1.29 is 17.9 Å². The molecule has 0 aliphatic carbocycles. The molecule has 1 fully saturated rings. The summed E-state index contributed by atoms with van der Waals surface area (Å²) in [7, 11) is -3.59. The molecule has 7 nitrogen and oxygen atoms in total. The van der Waals surface area contributed by atoms with Gasteiger partial charge < -0.3 is 9.30 Å². The van der Waals surface area contributed by atoms with Crippen LogP contribution >= 0.6 is 0 Å². The molecule has 2 aromatic carbocycles. The molecule has 4 rings (SSSR count). The number of hydrogen-bond donors (Lipinski definition) is 0. The Morgan fingerprint density at radius 3 is 2.17 bits per heavy atom. The number of aryl methyl sites for hydroxylation is 1. The van der Waals surface area contributed by atoms with Gasteiger partial charge in [-0.15, -0.1) is 0 Å². The Labute approximate surface area is 208 Å². The van der Waals surface area contributed by atoms with E-state index >= 15 is 0 Å². The summed E-state index contributed by atoms with van der Waals surface area (Å²) >= 11 is 0. The maximum Gasteiger partial charge on any atom is 0.243 e. The van der Waals surface area contributed by atoms with Gasteiger partial charge >= 0.3 is 0 Å². The molecule has 0 saturated carbocycles. The molecule has 1 aromatic heterocycles. The Morgan fingerprint density at radius 1 is 0.943 bits per heavy atom. The topological polar surface area (TPSA) is 71.8 Å². The first kappa shape index (κ1) is 25.2.